The van der Waals surface area contributed by atoms with Crippen LogP contribution in [0.2, 0.25) is 0 Å². The van der Waals surface area contributed by atoms with Crippen molar-refractivity contribution in [3.05, 3.63) is 21.8 Å². The van der Waals surface area contributed by atoms with Crippen molar-refractivity contribution in [1.29, 1.82) is 0 Å². The first-order valence-electron chi connectivity index (χ1n) is 17.0. The Balaban J connectivity index is 1.36. The summed E-state index contributed by atoms with van der Waals surface area (Å²) in [5.41, 5.74) is -0.853. The molecule has 0 amide bonds. The molecular formula is C36H55NO7. The molecule has 0 bridgehead atoms. The number of Topliss-reactive ketones (excluding diaryl/α,β-unsaturated/α-hetero) is 1. The number of nitrogens with zero attached hydrogens (tertiary/aromatic N) is 1. The zero-order chi connectivity index (χ0) is 32.3. The Hall–Kier alpha value is -1.79. The van der Waals surface area contributed by atoms with Crippen LogP contribution in [0.1, 0.15) is 119 Å². The Labute approximate surface area is 263 Å². The topological polar surface area (TPSA) is 119 Å². The Morgan fingerprint density at radius 3 is 2.57 bits per heavy atom. The highest BCUT2D eigenvalue weighted by Gasteiger charge is 2.71. The van der Waals surface area contributed by atoms with Crippen LogP contribution < -0.4 is 0 Å². The molecule has 1 aliphatic heterocycles. The Bertz CT molecular complexity index is 1200. The molecular weight excluding hydrogens is 558 g/mol. The van der Waals surface area contributed by atoms with Gasteiger partial charge in [-0.05, 0) is 82.0 Å². The van der Waals surface area contributed by atoms with E-state index in [-0.39, 0.29) is 47.2 Å². The molecule has 2 N–H and O–H groups in total. The minimum absolute atomic E-state index is 0.0873. The van der Waals surface area contributed by atoms with Gasteiger partial charge in [-0.15, -0.1) is 6.42 Å². The fourth-order valence-electron chi connectivity index (χ4n) is 10.6. The first-order chi connectivity index (χ1) is 20.5. The van der Waals surface area contributed by atoms with Gasteiger partial charge in [0.2, 0.25) is 6.54 Å². The van der Waals surface area contributed by atoms with Gasteiger partial charge in [0.05, 0.1) is 17.8 Å². The van der Waals surface area contributed by atoms with E-state index in [1.54, 1.807) is 0 Å². The highest BCUT2D eigenvalue weighted by atomic mass is 16.7. The maximum Gasteiger partial charge on any atom is 0.229 e. The van der Waals surface area contributed by atoms with Crippen LogP contribution in [0.15, 0.2) is 11.6 Å². The maximum absolute atomic E-state index is 14.5. The number of terminal acetylenes is 1. The summed E-state index contributed by atoms with van der Waals surface area (Å²) in [7, 11) is 0. The predicted molar refractivity (Wildman–Crippen MR) is 168 cm³/mol. The molecule has 4 aliphatic carbocycles. The molecule has 1 heterocycles. The van der Waals surface area contributed by atoms with Gasteiger partial charge >= 0.3 is 0 Å². The molecule has 246 valence electrons. The zero-order valence-electron chi connectivity index (χ0n) is 27.8. The molecule has 44 heavy (non-hydrogen) atoms. The summed E-state index contributed by atoms with van der Waals surface area (Å²) in [6.45, 7) is 12.2. The van der Waals surface area contributed by atoms with Crippen LogP contribution in [0.5, 0.6) is 0 Å². The van der Waals surface area contributed by atoms with Crippen LogP contribution in [0, 0.1) is 61.9 Å². The SMILES string of the molecule is C#C[C@@]12CCC(CCCCC(C)(C)O)[C@@]1(C)CC(=O)[C@@]1(C)C3CC[C@H](O[C@H]4C[C@@H](O)C[C@@H](C[N+](=O)[O-])O4)C(C)(C)C3=CCC12. The van der Waals surface area contributed by atoms with Crippen LogP contribution in [0.4, 0.5) is 0 Å². The molecule has 3 saturated carbocycles. The number of fused-ring (bicyclic) bond motifs is 5. The molecule has 4 fully saturated rings. The number of allylic oxidation sites excluding steroid dienone is 1. The van der Waals surface area contributed by atoms with E-state index in [9.17, 15) is 25.1 Å². The van der Waals surface area contributed by atoms with Gasteiger partial charge in [-0.3, -0.25) is 14.9 Å². The first kappa shape index (κ1) is 33.6. The van der Waals surface area contributed by atoms with E-state index < -0.39 is 34.4 Å². The standard InChI is InChI=1S/C36H55NO7/c1-8-36-18-16-23(11-9-10-17-32(2,3)40)34(36,6)21-29(39)35(7)27-13-15-30(33(4,5)26(27)12-14-28(35)36)44-31-20-24(38)19-25(43-31)22-37(41)42/h1,12,23-25,27-28,30-31,38,40H,9-11,13-22H2,2-7H3/t23?,24-,25-,27?,28?,30-,31-,34+,35-,36-/m0/s1. The van der Waals surface area contributed by atoms with Gasteiger partial charge in [0, 0.05) is 40.4 Å². The van der Waals surface area contributed by atoms with Crippen molar-refractivity contribution in [3.8, 4) is 12.3 Å². The minimum atomic E-state index is -0.697. The summed E-state index contributed by atoms with van der Waals surface area (Å²) >= 11 is 0. The highest BCUT2D eigenvalue weighted by Crippen LogP contribution is 2.73. The maximum atomic E-state index is 14.5. The Morgan fingerprint density at radius 1 is 1.18 bits per heavy atom. The molecule has 1 saturated heterocycles. The van der Waals surface area contributed by atoms with Crippen LogP contribution in [-0.2, 0) is 14.3 Å². The van der Waals surface area contributed by atoms with Gasteiger partial charge < -0.3 is 19.7 Å². The molecule has 5 aliphatic rings. The van der Waals surface area contributed by atoms with Crippen molar-refractivity contribution in [2.24, 2.45) is 39.4 Å². The fraction of sp³-hybridized carbons (Fsp3) is 0.861. The van der Waals surface area contributed by atoms with E-state index in [0.29, 0.717) is 24.5 Å². The largest absolute Gasteiger partial charge is 0.393 e. The second kappa shape index (κ2) is 11.8. The molecule has 0 spiro atoms. The van der Waals surface area contributed by atoms with Gasteiger partial charge in [-0.2, -0.15) is 0 Å². The first-order valence-corrected chi connectivity index (χ1v) is 17.0. The van der Waals surface area contributed by atoms with E-state index in [1.165, 1.54) is 5.57 Å². The summed E-state index contributed by atoms with van der Waals surface area (Å²) in [6.07, 6.45) is 15.9. The third-order valence-electron chi connectivity index (χ3n) is 13.1. The molecule has 0 aromatic carbocycles. The average Bonchev–Trinajstić information content (AvgIpc) is 3.19. The average molecular weight is 614 g/mol. The normalized spacial score (nSPS) is 43.3. The Kier molecular flexibility index (Phi) is 8.99. The predicted octanol–water partition coefficient (Wildman–Crippen LogP) is 6.24. The summed E-state index contributed by atoms with van der Waals surface area (Å²) in [5.74, 6) is 4.32. The van der Waals surface area contributed by atoms with E-state index in [2.05, 4.69) is 39.7 Å². The minimum Gasteiger partial charge on any atom is -0.393 e. The molecule has 10 atom stereocenters. The molecule has 8 heteroatoms. The fourth-order valence-corrected chi connectivity index (χ4v) is 10.6. The quantitative estimate of drug-likeness (QED) is 0.104. The lowest BCUT2D eigenvalue weighted by molar-refractivity contribution is -0.497. The van der Waals surface area contributed by atoms with Crippen molar-refractivity contribution < 1.29 is 29.4 Å². The van der Waals surface area contributed by atoms with Crippen molar-refractivity contribution in [3.63, 3.8) is 0 Å². The van der Waals surface area contributed by atoms with E-state index in [4.69, 9.17) is 15.9 Å². The molecule has 3 unspecified atom stereocenters. The number of ketones is 1. The second-order valence-electron chi connectivity index (χ2n) is 16.5. The lowest BCUT2D eigenvalue weighted by Gasteiger charge is -2.64. The molecule has 0 aromatic rings. The summed E-state index contributed by atoms with van der Waals surface area (Å²) in [5, 5.41) is 31.7. The number of aliphatic hydroxyl groups excluding tert-OH is 1. The lowest BCUT2D eigenvalue weighted by atomic mass is 9.38. The smallest absolute Gasteiger partial charge is 0.229 e. The number of rotatable bonds is 9. The van der Waals surface area contributed by atoms with Crippen molar-refractivity contribution in [1.82, 2.24) is 0 Å². The van der Waals surface area contributed by atoms with Gasteiger partial charge in [-0.1, -0.05) is 58.1 Å². The van der Waals surface area contributed by atoms with Gasteiger partial charge in [-0.25, -0.2) is 0 Å². The Morgan fingerprint density at radius 2 is 1.91 bits per heavy atom. The second-order valence-corrected chi connectivity index (χ2v) is 16.5. The zero-order valence-corrected chi connectivity index (χ0v) is 27.8. The van der Waals surface area contributed by atoms with Crippen molar-refractivity contribution >= 4 is 5.78 Å². The summed E-state index contributed by atoms with van der Waals surface area (Å²) in [6, 6.07) is 0. The third kappa shape index (κ3) is 5.58. The third-order valence-corrected chi connectivity index (χ3v) is 13.1. The van der Waals surface area contributed by atoms with Crippen LogP contribution in [0.3, 0.4) is 0 Å². The molecule has 0 radical (unpaired) electrons. The monoisotopic (exact) mass is 613 g/mol. The highest BCUT2D eigenvalue weighted by molar-refractivity contribution is 5.88. The summed E-state index contributed by atoms with van der Waals surface area (Å²) < 4.78 is 12.4. The number of carbonyl (C=O) groups is 1. The number of ether oxygens (including phenoxy) is 2. The number of hydrogen-bond acceptors (Lipinski definition) is 7. The van der Waals surface area contributed by atoms with E-state index in [1.807, 2.05) is 13.8 Å². The number of aliphatic hydroxyl groups is 2. The number of nitro groups is 1. The lowest BCUT2D eigenvalue weighted by Crippen LogP contribution is -2.63. The van der Waals surface area contributed by atoms with Crippen molar-refractivity contribution in [2.45, 2.75) is 149 Å². The van der Waals surface area contributed by atoms with E-state index in [0.717, 1.165) is 57.8 Å². The number of hydrogen-bond donors (Lipinski definition) is 2. The van der Waals surface area contributed by atoms with Gasteiger partial charge in [0.1, 0.15) is 11.9 Å². The van der Waals surface area contributed by atoms with Crippen molar-refractivity contribution in [2.75, 3.05) is 6.54 Å². The van der Waals surface area contributed by atoms with Crippen LogP contribution >= 0.6 is 0 Å². The van der Waals surface area contributed by atoms with Gasteiger partial charge in [0.25, 0.3) is 0 Å². The number of unbranched alkanes of at least 4 members (excludes halogenated alkanes) is 1. The number of carbonyl (C=O) groups excluding carboxylic acids is 1. The van der Waals surface area contributed by atoms with Crippen LogP contribution in [-0.4, -0.2) is 57.7 Å². The van der Waals surface area contributed by atoms with E-state index >= 15 is 0 Å². The molecule has 5 rings (SSSR count). The van der Waals surface area contributed by atoms with Gasteiger partial charge in [0.15, 0.2) is 6.29 Å². The van der Waals surface area contributed by atoms with Crippen LogP contribution in [0.25, 0.3) is 0 Å². The molecule has 8 nitrogen and oxygen atoms in total. The summed E-state index contributed by atoms with van der Waals surface area (Å²) in [4.78, 5) is 25.2. The molecule has 0 aromatic heterocycles.